The van der Waals surface area contributed by atoms with E-state index in [1.807, 2.05) is 67.3 Å². The van der Waals surface area contributed by atoms with E-state index in [4.69, 9.17) is 0 Å². The molecule has 0 unspecified atom stereocenters. The molecule has 0 bridgehead atoms. The Morgan fingerprint density at radius 3 is 2.33 bits per heavy atom. The van der Waals surface area contributed by atoms with E-state index in [1.165, 1.54) is 0 Å². The number of carbonyl (C=O) groups excluding carboxylic acids is 3. The number of ketones is 1. The summed E-state index contributed by atoms with van der Waals surface area (Å²) in [6, 6.07) is 22.5. The molecule has 6 heteroatoms. The molecule has 0 fully saturated rings. The summed E-state index contributed by atoms with van der Waals surface area (Å²) in [7, 11) is 0. The average molecular weight is 530 g/mol. The van der Waals surface area contributed by atoms with Crippen LogP contribution in [-0.2, 0) is 0 Å². The molecule has 1 N–H and O–H groups in total. The normalized spacial score (nSPS) is 12.7. The molecule has 1 aliphatic rings. The Hall–Kier alpha value is -4.84. The van der Waals surface area contributed by atoms with E-state index >= 15 is 0 Å². The lowest BCUT2D eigenvalue weighted by Gasteiger charge is -2.23. The van der Waals surface area contributed by atoms with Crippen LogP contribution in [0.2, 0.25) is 0 Å². The van der Waals surface area contributed by atoms with Crippen molar-refractivity contribution in [2.45, 2.75) is 34.1 Å². The van der Waals surface area contributed by atoms with Crippen molar-refractivity contribution in [2.24, 2.45) is 0 Å². The fourth-order valence-electron chi connectivity index (χ4n) is 5.05. The van der Waals surface area contributed by atoms with Gasteiger partial charge in [-0.05, 0) is 110 Å². The van der Waals surface area contributed by atoms with Gasteiger partial charge in [-0.15, -0.1) is 0 Å². The van der Waals surface area contributed by atoms with E-state index < -0.39 is 0 Å². The molecule has 2 heterocycles. The molecule has 0 spiro atoms. The predicted molar refractivity (Wildman–Crippen MR) is 160 cm³/mol. The Balaban J connectivity index is 1.37. The van der Waals surface area contributed by atoms with Gasteiger partial charge in [0, 0.05) is 35.2 Å². The van der Waals surface area contributed by atoms with E-state index in [0.717, 1.165) is 33.5 Å². The van der Waals surface area contributed by atoms with Gasteiger partial charge in [-0.1, -0.05) is 30.3 Å². The summed E-state index contributed by atoms with van der Waals surface area (Å²) >= 11 is 0. The molecule has 0 atom stereocenters. The van der Waals surface area contributed by atoms with Crippen molar-refractivity contribution in [3.05, 3.63) is 124 Å². The molecule has 0 saturated heterocycles. The van der Waals surface area contributed by atoms with E-state index in [9.17, 15) is 14.4 Å². The van der Waals surface area contributed by atoms with Gasteiger partial charge in [0.1, 0.15) is 0 Å². The molecule has 0 aliphatic carbocycles. The molecule has 0 saturated carbocycles. The number of aryl methyl sites for hydroxylation is 3. The SMILES string of the molecule is CC(=O)c1ccc(C2=Cc3ccccc3N(C(=O)c3ccc(NC(=O)c4cc(C)cnc4C)cc3)CC2)c(C)c1. The molecule has 2 amide bonds. The number of nitrogens with zero attached hydrogens (tertiary/aromatic N) is 2. The highest BCUT2D eigenvalue weighted by atomic mass is 16.2. The van der Waals surface area contributed by atoms with Gasteiger partial charge in [-0.25, -0.2) is 0 Å². The van der Waals surface area contributed by atoms with Crippen LogP contribution in [0.5, 0.6) is 0 Å². The van der Waals surface area contributed by atoms with Crippen LogP contribution in [0.3, 0.4) is 0 Å². The number of anilines is 2. The molecule has 40 heavy (non-hydrogen) atoms. The summed E-state index contributed by atoms with van der Waals surface area (Å²) in [6.45, 7) is 7.79. The first kappa shape index (κ1) is 26.8. The van der Waals surface area contributed by atoms with Crippen molar-refractivity contribution < 1.29 is 14.4 Å². The number of fused-ring (bicyclic) bond motifs is 1. The number of rotatable bonds is 5. The smallest absolute Gasteiger partial charge is 0.258 e. The third kappa shape index (κ3) is 5.47. The second-order valence-electron chi connectivity index (χ2n) is 10.2. The van der Waals surface area contributed by atoms with Crippen molar-refractivity contribution in [2.75, 3.05) is 16.8 Å². The zero-order valence-corrected chi connectivity index (χ0v) is 23.1. The number of Topliss-reactive ketones (excluding diaryl/α,β-unsaturated/α-hetero) is 1. The third-order valence-electron chi connectivity index (χ3n) is 7.24. The summed E-state index contributed by atoms with van der Waals surface area (Å²) in [5, 5.41) is 2.90. The van der Waals surface area contributed by atoms with Crippen molar-refractivity contribution in [1.82, 2.24) is 4.98 Å². The first-order valence-corrected chi connectivity index (χ1v) is 13.3. The van der Waals surface area contributed by atoms with Crippen LogP contribution >= 0.6 is 0 Å². The Kier molecular flexibility index (Phi) is 7.43. The van der Waals surface area contributed by atoms with Gasteiger partial charge in [-0.3, -0.25) is 19.4 Å². The number of nitrogens with one attached hydrogen (secondary N) is 1. The molecular weight excluding hydrogens is 498 g/mol. The van der Waals surface area contributed by atoms with E-state index in [-0.39, 0.29) is 17.6 Å². The Morgan fingerprint density at radius 1 is 0.875 bits per heavy atom. The van der Waals surface area contributed by atoms with Crippen molar-refractivity contribution in [3.8, 4) is 0 Å². The molecule has 4 aromatic rings. The number of hydrogen-bond acceptors (Lipinski definition) is 4. The number of pyridine rings is 1. The molecule has 3 aromatic carbocycles. The van der Waals surface area contributed by atoms with E-state index in [1.54, 1.807) is 44.3 Å². The standard InChI is InChI=1S/C34H31N3O3/c1-21-17-31(23(3)35-20-21)33(39)36-29-12-9-25(10-13-29)34(40)37-16-15-27(19-28-7-5-6-8-32(28)37)30-14-11-26(24(4)38)18-22(30)2/h5-14,17-20H,15-16H2,1-4H3,(H,36,39). The maximum atomic E-state index is 13.8. The van der Waals surface area contributed by atoms with Crippen LogP contribution in [0.4, 0.5) is 11.4 Å². The molecule has 5 rings (SSSR count). The number of hydrogen-bond donors (Lipinski definition) is 1. The van der Waals surface area contributed by atoms with E-state index in [0.29, 0.717) is 41.0 Å². The lowest BCUT2D eigenvalue weighted by Crippen LogP contribution is -2.32. The summed E-state index contributed by atoms with van der Waals surface area (Å²) in [6.07, 6.45) is 4.54. The van der Waals surface area contributed by atoms with Gasteiger partial charge < -0.3 is 10.2 Å². The van der Waals surface area contributed by atoms with Gasteiger partial charge in [0.15, 0.2) is 5.78 Å². The summed E-state index contributed by atoms with van der Waals surface area (Å²) < 4.78 is 0. The Labute approximate surface area is 234 Å². The Morgan fingerprint density at radius 2 is 1.60 bits per heavy atom. The zero-order chi connectivity index (χ0) is 28.4. The van der Waals surface area contributed by atoms with Crippen LogP contribution < -0.4 is 10.2 Å². The maximum Gasteiger partial charge on any atom is 0.258 e. The van der Waals surface area contributed by atoms with Gasteiger partial charge >= 0.3 is 0 Å². The largest absolute Gasteiger partial charge is 0.322 e. The van der Waals surface area contributed by atoms with Crippen LogP contribution in [0, 0.1) is 20.8 Å². The zero-order valence-electron chi connectivity index (χ0n) is 23.1. The molecule has 200 valence electrons. The molecule has 1 aromatic heterocycles. The van der Waals surface area contributed by atoms with Crippen LogP contribution in [0.15, 0.2) is 79.0 Å². The minimum atomic E-state index is -0.237. The van der Waals surface area contributed by atoms with Gasteiger partial charge in [0.05, 0.1) is 11.3 Å². The number of carbonyl (C=O) groups is 3. The second kappa shape index (κ2) is 11.1. The Bertz CT molecular complexity index is 1670. The van der Waals surface area contributed by atoms with Gasteiger partial charge in [0.25, 0.3) is 11.8 Å². The number of para-hydroxylation sites is 1. The van der Waals surface area contributed by atoms with Crippen molar-refractivity contribution in [3.63, 3.8) is 0 Å². The monoisotopic (exact) mass is 529 g/mol. The number of benzene rings is 3. The van der Waals surface area contributed by atoms with Crippen LogP contribution in [0.1, 0.15) is 72.4 Å². The number of aromatic nitrogens is 1. The molecular formula is C34H31N3O3. The summed E-state index contributed by atoms with van der Waals surface area (Å²) in [4.78, 5) is 44.5. The minimum Gasteiger partial charge on any atom is -0.322 e. The molecule has 6 nitrogen and oxygen atoms in total. The average Bonchev–Trinajstić information content (AvgIpc) is 3.14. The highest BCUT2D eigenvalue weighted by molar-refractivity contribution is 6.09. The topological polar surface area (TPSA) is 79.4 Å². The quantitative estimate of drug-likeness (QED) is 0.281. The fourth-order valence-corrected chi connectivity index (χ4v) is 5.05. The van der Waals surface area contributed by atoms with Crippen LogP contribution in [-0.4, -0.2) is 29.1 Å². The number of amides is 2. The molecule has 1 aliphatic heterocycles. The second-order valence-corrected chi connectivity index (χ2v) is 10.2. The maximum absolute atomic E-state index is 13.8. The first-order valence-electron chi connectivity index (χ1n) is 13.3. The third-order valence-corrected chi connectivity index (χ3v) is 7.24. The molecule has 0 radical (unpaired) electrons. The predicted octanol–water partition coefficient (Wildman–Crippen LogP) is 7.05. The summed E-state index contributed by atoms with van der Waals surface area (Å²) in [5.41, 5.74) is 8.97. The highest BCUT2D eigenvalue weighted by Crippen LogP contribution is 2.34. The highest BCUT2D eigenvalue weighted by Gasteiger charge is 2.24. The first-order chi connectivity index (χ1) is 19.2. The van der Waals surface area contributed by atoms with Crippen molar-refractivity contribution in [1.29, 1.82) is 0 Å². The van der Waals surface area contributed by atoms with Gasteiger partial charge in [0.2, 0.25) is 0 Å². The van der Waals surface area contributed by atoms with Gasteiger partial charge in [-0.2, -0.15) is 0 Å². The van der Waals surface area contributed by atoms with Crippen LogP contribution in [0.25, 0.3) is 11.6 Å². The van der Waals surface area contributed by atoms with Crippen molar-refractivity contribution >= 4 is 40.6 Å². The lowest BCUT2D eigenvalue weighted by atomic mass is 9.94. The minimum absolute atomic E-state index is 0.0412. The summed E-state index contributed by atoms with van der Waals surface area (Å²) in [5.74, 6) is -0.304. The lowest BCUT2D eigenvalue weighted by molar-refractivity contribution is 0.0984. The fraction of sp³-hybridized carbons (Fsp3) is 0.176. The van der Waals surface area contributed by atoms with E-state index in [2.05, 4.69) is 16.4 Å².